The van der Waals surface area contributed by atoms with Crippen LogP contribution in [-0.4, -0.2) is 89.6 Å². The van der Waals surface area contributed by atoms with Crippen LogP contribution in [0.2, 0.25) is 0 Å². The van der Waals surface area contributed by atoms with Crippen LogP contribution in [0.5, 0.6) is 0 Å². The van der Waals surface area contributed by atoms with Crippen LogP contribution in [0.15, 0.2) is 35.3 Å². The molecule has 0 radical (unpaired) electrons. The Labute approximate surface area is 262 Å². The highest BCUT2D eigenvalue weighted by atomic mass is 19.3. The summed E-state index contributed by atoms with van der Waals surface area (Å²) in [6.07, 6.45) is 7.03. The van der Waals surface area contributed by atoms with Gasteiger partial charge < -0.3 is 19.6 Å². The van der Waals surface area contributed by atoms with Gasteiger partial charge in [-0.15, -0.1) is 0 Å². The third-order valence-corrected chi connectivity index (χ3v) is 11.1. The maximum Gasteiger partial charge on any atom is 0.320 e. The zero-order chi connectivity index (χ0) is 30.9. The average Bonchev–Trinajstić information content (AvgIpc) is 3.39. The van der Waals surface area contributed by atoms with Crippen molar-refractivity contribution in [2.75, 3.05) is 39.4 Å². The molecule has 0 aromatic heterocycles. The van der Waals surface area contributed by atoms with Gasteiger partial charge in [-0.05, 0) is 87.0 Å². The van der Waals surface area contributed by atoms with Crippen molar-refractivity contribution in [1.82, 2.24) is 14.7 Å². The molecule has 0 N–H and O–H groups in total. The average molecular weight is 614 g/mol. The lowest BCUT2D eigenvalue weighted by atomic mass is 9.81. The van der Waals surface area contributed by atoms with Crippen molar-refractivity contribution in [3.63, 3.8) is 0 Å². The van der Waals surface area contributed by atoms with E-state index >= 15 is 0 Å². The van der Waals surface area contributed by atoms with Crippen LogP contribution < -0.4 is 5.11 Å². The van der Waals surface area contributed by atoms with Crippen LogP contribution in [0.4, 0.5) is 13.6 Å². The van der Waals surface area contributed by atoms with E-state index in [-0.39, 0.29) is 49.2 Å². The zero-order valence-electron chi connectivity index (χ0n) is 26.6. The number of urea groups is 1. The number of nitrogens with zero attached hydrogens (tertiary/aromatic N) is 4. The van der Waals surface area contributed by atoms with Gasteiger partial charge in [0, 0.05) is 64.3 Å². The maximum atomic E-state index is 13.9. The van der Waals surface area contributed by atoms with Crippen molar-refractivity contribution < 1.29 is 23.4 Å². The van der Waals surface area contributed by atoms with Crippen LogP contribution in [0.3, 0.4) is 0 Å². The fraction of sp³-hybridized carbons (Fsp3) is 0.771. The third-order valence-electron chi connectivity index (χ3n) is 11.1. The predicted octanol–water partition coefficient (Wildman–Crippen LogP) is 5.89. The van der Waals surface area contributed by atoms with Crippen molar-refractivity contribution in [3.8, 4) is 0 Å². The summed E-state index contributed by atoms with van der Waals surface area (Å²) in [5.41, 5.74) is 0.896. The van der Waals surface area contributed by atoms with E-state index in [1.165, 1.54) is 0 Å². The Morgan fingerprint density at radius 2 is 1.68 bits per heavy atom. The number of carbonyl (C=O) groups is 1. The fourth-order valence-corrected chi connectivity index (χ4v) is 8.83. The summed E-state index contributed by atoms with van der Waals surface area (Å²) in [7, 11) is 0. The van der Waals surface area contributed by atoms with Gasteiger partial charge in [0.15, 0.2) is 0 Å². The quantitative estimate of drug-likeness (QED) is 0.244. The number of hydrogen-bond acceptors (Lipinski definition) is 5. The van der Waals surface area contributed by atoms with E-state index in [0.717, 1.165) is 89.9 Å². The van der Waals surface area contributed by atoms with Crippen molar-refractivity contribution in [1.29, 1.82) is 0 Å². The summed E-state index contributed by atoms with van der Waals surface area (Å²) in [5.74, 6) is -2.34. The molecule has 4 heterocycles. The van der Waals surface area contributed by atoms with Gasteiger partial charge >= 0.3 is 6.03 Å². The van der Waals surface area contributed by atoms with E-state index in [0.29, 0.717) is 23.9 Å². The predicted molar refractivity (Wildman–Crippen MR) is 166 cm³/mol. The van der Waals surface area contributed by atoms with Crippen LogP contribution in [0.1, 0.15) is 96.1 Å². The number of fused-ring (bicyclic) bond motifs is 2. The van der Waals surface area contributed by atoms with E-state index in [2.05, 4.69) is 33.5 Å². The first-order valence-corrected chi connectivity index (χ1v) is 17.2. The Hall–Kier alpha value is -2.26. The van der Waals surface area contributed by atoms with E-state index in [1.54, 1.807) is 0 Å². The smallest absolute Gasteiger partial charge is 0.320 e. The number of halogens is 2. The standard InChI is InChI=1S/C35H52F2N4O3/c1-25(2)22-41-33(43)39(23-26-13-18-44-19-14-26)24-34(41)20-29-8-9-30(21-34)40(29)17-12-31(27-6-4-3-5-7-27)38-32(42)28-10-15-35(36,37)16-11-28/h3-7,25-26,28-31H,8-24H2,1-2H3,(H,38,42)/p-1. The highest BCUT2D eigenvalue weighted by molar-refractivity contribution is 5.78. The number of aliphatic imine (C=N–C) groups is 1. The van der Waals surface area contributed by atoms with E-state index in [9.17, 15) is 18.7 Å². The first-order valence-electron chi connectivity index (χ1n) is 17.2. The molecule has 5 aliphatic rings. The molecular formula is C35H51F2N4O3-. The van der Waals surface area contributed by atoms with Gasteiger partial charge in [-0.25, -0.2) is 13.6 Å². The Balaban J connectivity index is 1.14. The number of hydrogen-bond donors (Lipinski definition) is 0. The van der Waals surface area contributed by atoms with Gasteiger partial charge in [-0.3, -0.25) is 9.89 Å². The second kappa shape index (κ2) is 13.2. The Morgan fingerprint density at radius 1 is 1.02 bits per heavy atom. The molecule has 2 amide bonds. The van der Waals surface area contributed by atoms with E-state index in [4.69, 9.17) is 4.74 Å². The summed E-state index contributed by atoms with van der Waals surface area (Å²) >= 11 is 0. The number of piperidine rings is 1. The largest absolute Gasteiger partial charge is 0.862 e. The van der Waals surface area contributed by atoms with Gasteiger partial charge in [-0.2, -0.15) is 0 Å². The van der Waals surface area contributed by atoms with E-state index in [1.807, 2.05) is 30.3 Å². The van der Waals surface area contributed by atoms with Crippen LogP contribution >= 0.6 is 0 Å². The Bertz CT molecular complexity index is 1130. The van der Waals surface area contributed by atoms with Gasteiger partial charge in [0.05, 0.1) is 11.6 Å². The molecule has 2 bridgehead atoms. The molecule has 4 aliphatic heterocycles. The number of alkyl halides is 2. The SMILES string of the molecule is CC(C)CN1C(=O)N(CC2CCOCC2)CC12CC1CCC(C2)N1CCC(N=C([O-])C1CCC(F)(F)CC1)c1ccccc1. The van der Waals surface area contributed by atoms with Gasteiger partial charge in [0.2, 0.25) is 5.92 Å². The molecule has 5 fully saturated rings. The lowest BCUT2D eigenvalue weighted by molar-refractivity contribution is -0.227. The van der Waals surface area contributed by atoms with Crippen molar-refractivity contribution in [2.45, 2.75) is 114 Å². The molecule has 1 spiro atoms. The molecule has 1 aromatic carbocycles. The molecule has 7 nitrogen and oxygen atoms in total. The van der Waals surface area contributed by atoms with Gasteiger partial charge in [0.1, 0.15) is 0 Å². The molecule has 3 unspecified atom stereocenters. The molecule has 4 saturated heterocycles. The molecule has 1 aliphatic carbocycles. The fourth-order valence-electron chi connectivity index (χ4n) is 8.83. The second-order valence-electron chi connectivity index (χ2n) is 14.8. The van der Waals surface area contributed by atoms with Crippen molar-refractivity contribution in [3.05, 3.63) is 35.9 Å². The Morgan fingerprint density at radius 3 is 2.32 bits per heavy atom. The van der Waals surface area contributed by atoms with Gasteiger partial charge in [0.25, 0.3) is 0 Å². The second-order valence-corrected chi connectivity index (χ2v) is 14.8. The number of rotatable bonds is 10. The molecule has 1 aromatic rings. The Kier molecular flexibility index (Phi) is 9.53. The summed E-state index contributed by atoms with van der Waals surface area (Å²) < 4.78 is 33.1. The molecule has 244 valence electrons. The minimum Gasteiger partial charge on any atom is -0.862 e. The molecule has 3 atom stereocenters. The third kappa shape index (κ3) is 6.93. The van der Waals surface area contributed by atoms with Crippen molar-refractivity contribution in [2.24, 2.45) is 22.7 Å². The van der Waals surface area contributed by atoms with Crippen molar-refractivity contribution >= 4 is 11.9 Å². The highest BCUT2D eigenvalue weighted by Crippen LogP contribution is 2.47. The van der Waals surface area contributed by atoms with Gasteiger partial charge in [-0.1, -0.05) is 44.2 Å². The monoisotopic (exact) mass is 613 g/mol. The molecule has 9 heteroatoms. The van der Waals surface area contributed by atoms with Crippen LogP contribution in [0, 0.1) is 17.8 Å². The first kappa shape index (κ1) is 31.7. The van der Waals surface area contributed by atoms with E-state index < -0.39 is 11.8 Å². The number of ether oxygens (including phenoxy) is 1. The topological polar surface area (TPSA) is 71.4 Å². The minimum absolute atomic E-state index is 0.114. The first-order chi connectivity index (χ1) is 21.1. The molecule has 6 rings (SSSR count). The number of benzene rings is 1. The molecule has 44 heavy (non-hydrogen) atoms. The van der Waals surface area contributed by atoms with Crippen LogP contribution in [0.25, 0.3) is 0 Å². The lowest BCUT2D eigenvalue weighted by Gasteiger charge is -2.48. The summed E-state index contributed by atoms with van der Waals surface area (Å²) in [6, 6.07) is 10.7. The maximum absolute atomic E-state index is 13.9. The molecular weight excluding hydrogens is 562 g/mol. The highest BCUT2D eigenvalue weighted by Gasteiger charge is 2.57. The lowest BCUT2D eigenvalue weighted by Crippen LogP contribution is -2.59. The normalized spacial score (nSPS) is 31.0. The van der Waals surface area contributed by atoms with Crippen LogP contribution in [-0.2, 0) is 4.74 Å². The number of amides is 2. The summed E-state index contributed by atoms with van der Waals surface area (Å²) in [6.45, 7) is 9.31. The molecule has 1 saturated carbocycles. The summed E-state index contributed by atoms with van der Waals surface area (Å²) in [4.78, 5) is 25.6. The minimum atomic E-state index is -2.66. The summed E-state index contributed by atoms with van der Waals surface area (Å²) in [5, 5.41) is 13.2. The zero-order valence-corrected chi connectivity index (χ0v) is 26.6. The number of carbonyl (C=O) groups excluding carboxylic acids is 1.